The van der Waals surface area contributed by atoms with Crippen LogP contribution in [-0.4, -0.2) is 63.3 Å². The minimum Gasteiger partial charge on any atom is -0.355 e. The Bertz CT molecular complexity index is 1600. The number of hydrogen-bond acceptors (Lipinski definition) is 4. The second-order valence-corrected chi connectivity index (χ2v) is 12.3. The molecule has 8 heteroatoms. The number of aromatic nitrogens is 2. The van der Waals surface area contributed by atoms with E-state index in [0.29, 0.717) is 23.0 Å². The fourth-order valence-electron chi connectivity index (χ4n) is 5.97. The van der Waals surface area contributed by atoms with E-state index in [-0.39, 0.29) is 24.1 Å². The van der Waals surface area contributed by atoms with E-state index in [9.17, 15) is 9.59 Å². The maximum absolute atomic E-state index is 13.8. The number of fused-ring (bicyclic) bond motifs is 1. The van der Waals surface area contributed by atoms with Crippen LogP contribution in [0.25, 0.3) is 16.5 Å². The molecule has 0 bridgehead atoms. The van der Waals surface area contributed by atoms with Gasteiger partial charge in [-0.1, -0.05) is 26.0 Å². The van der Waals surface area contributed by atoms with E-state index in [1.54, 1.807) is 0 Å². The summed E-state index contributed by atoms with van der Waals surface area (Å²) in [4.78, 5) is 34.0. The first kappa shape index (κ1) is 32.0. The highest BCUT2D eigenvalue weighted by Gasteiger charge is 2.21. The Morgan fingerprint density at radius 2 is 1.77 bits per heavy atom. The summed E-state index contributed by atoms with van der Waals surface area (Å²) in [7, 11) is 0. The highest BCUT2D eigenvalue weighted by Crippen LogP contribution is 2.31. The van der Waals surface area contributed by atoms with Crippen molar-refractivity contribution in [2.75, 3.05) is 26.2 Å². The average Bonchev–Trinajstić information content (AvgIpc) is 3.31. The lowest BCUT2D eigenvalue weighted by Crippen LogP contribution is -2.50. The fraction of sp³-hybridized carbons (Fsp3) is 0.457. The molecule has 43 heavy (non-hydrogen) atoms. The normalized spacial score (nSPS) is 14.4. The Labute approximate surface area is 256 Å². The van der Waals surface area contributed by atoms with E-state index < -0.39 is 0 Å². The number of pyridine rings is 1. The highest BCUT2D eigenvalue weighted by molar-refractivity contribution is 6.09. The van der Waals surface area contributed by atoms with E-state index in [2.05, 4.69) is 78.1 Å². The number of aryl methyl sites for hydroxylation is 3. The number of aromatic amines is 1. The zero-order chi connectivity index (χ0) is 31.4. The monoisotopic (exact) mass is 584 g/mol. The minimum absolute atomic E-state index is 0.154. The van der Waals surface area contributed by atoms with E-state index in [0.717, 1.165) is 77.9 Å². The predicted octanol–water partition coefficient (Wildman–Crippen LogP) is 5.98. The lowest BCUT2D eigenvalue weighted by Gasteiger charge is -2.37. The zero-order valence-corrected chi connectivity index (χ0v) is 26.9. The van der Waals surface area contributed by atoms with Gasteiger partial charge in [0.05, 0.1) is 0 Å². The Balaban J connectivity index is 1.63. The first-order valence-electron chi connectivity index (χ1n) is 15.5. The molecule has 0 aliphatic carbocycles. The second-order valence-electron chi connectivity index (χ2n) is 12.3. The maximum atomic E-state index is 13.8. The van der Waals surface area contributed by atoms with Crippen LogP contribution >= 0.6 is 0 Å². The number of piperazine rings is 1. The number of carbonyl (C=O) groups is 1. The van der Waals surface area contributed by atoms with Crippen molar-refractivity contribution in [3.05, 3.63) is 87.0 Å². The van der Waals surface area contributed by atoms with Crippen molar-refractivity contribution in [1.82, 2.24) is 24.7 Å². The van der Waals surface area contributed by atoms with Crippen molar-refractivity contribution in [3.63, 3.8) is 0 Å². The van der Waals surface area contributed by atoms with Crippen LogP contribution in [0.15, 0.2) is 47.9 Å². The number of allylic oxidation sites excluding steroid dienone is 2. The standard InChI is InChI=1S/C35H48N6O2/c1-9-10-27-17-26(8)38-35(43)30(27)20-37-34(42)29-18-28(19-31-33(29)25(7)21-41(31)23(4)5)24(6)11-12-32(36)40-15-13-39(14-16-40)22(2)3/h11-12,17-19,21-23,36H,6,9-10,13-16,20H2,1-5,7-8H3,(H,37,42)(H,38,43)/b12-11-,36-32?. The molecule has 3 aromatic rings. The molecular weight excluding hydrogens is 536 g/mol. The molecule has 4 rings (SSSR count). The molecule has 0 unspecified atom stereocenters. The van der Waals surface area contributed by atoms with Gasteiger partial charge in [-0.3, -0.25) is 19.9 Å². The van der Waals surface area contributed by atoms with Gasteiger partial charge in [0.25, 0.3) is 11.5 Å². The van der Waals surface area contributed by atoms with Gasteiger partial charge in [-0.05, 0) is 94.5 Å². The lowest BCUT2D eigenvalue weighted by molar-refractivity contribution is 0.0952. The number of H-pyrrole nitrogens is 1. The number of hydrogen-bond donors (Lipinski definition) is 3. The van der Waals surface area contributed by atoms with Gasteiger partial charge in [-0.15, -0.1) is 0 Å². The smallest absolute Gasteiger partial charge is 0.253 e. The van der Waals surface area contributed by atoms with Gasteiger partial charge in [0.1, 0.15) is 5.84 Å². The minimum atomic E-state index is -0.230. The van der Waals surface area contributed by atoms with Crippen molar-refractivity contribution < 1.29 is 4.79 Å². The Morgan fingerprint density at radius 1 is 1.07 bits per heavy atom. The van der Waals surface area contributed by atoms with Crippen LogP contribution in [-0.2, 0) is 13.0 Å². The third-order valence-corrected chi connectivity index (χ3v) is 8.43. The number of amides is 1. The van der Waals surface area contributed by atoms with Gasteiger partial charge in [-0.2, -0.15) is 0 Å². The van der Waals surface area contributed by atoms with Crippen LogP contribution in [0, 0.1) is 19.3 Å². The quantitative estimate of drug-likeness (QED) is 0.155. The van der Waals surface area contributed by atoms with E-state index in [4.69, 9.17) is 5.41 Å². The Morgan fingerprint density at radius 3 is 2.40 bits per heavy atom. The largest absolute Gasteiger partial charge is 0.355 e. The molecule has 230 valence electrons. The predicted molar refractivity (Wildman–Crippen MR) is 178 cm³/mol. The molecule has 2 aromatic heterocycles. The molecular formula is C35H48N6O2. The number of benzene rings is 1. The maximum Gasteiger partial charge on any atom is 0.253 e. The lowest BCUT2D eigenvalue weighted by atomic mass is 9.98. The third kappa shape index (κ3) is 7.19. The molecule has 1 amide bonds. The van der Waals surface area contributed by atoms with Crippen molar-refractivity contribution in [2.45, 2.75) is 79.9 Å². The summed E-state index contributed by atoms with van der Waals surface area (Å²) in [6, 6.07) is 6.68. The summed E-state index contributed by atoms with van der Waals surface area (Å²) in [5.41, 5.74) is 6.33. The highest BCUT2D eigenvalue weighted by atomic mass is 16.1. The number of carbonyl (C=O) groups excluding carboxylic acids is 1. The SMILES string of the molecule is C=C(/C=C\C(=N)N1CCN(C(C)C)CC1)c1cc(C(=O)NCc2c(CCC)cc(C)[nH]c2=O)c2c(C)cn(C(C)C)c2c1. The van der Waals surface area contributed by atoms with Crippen LogP contribution in [0.2, 0.25) is 0 Å². The summed E-state index contributed by atoms with van der Waals surface area (Å²) < 4.78 is 2.18. The van der Waals surface area contributed by atoms with Crippen LogP contribution in [0.3, 0.4) is 0 Å². The van der Waals surface area contributed by atoms with Crippen LogP contribution in [0.5, 0.6) is 0 Å². The number of rotatable bonds is 10. The molecule has 3 heterocycles. The molecule has 1 aliphatic heterocycles. The van der Waals surface area contributed by atoms with E-state index >= 15 is 0 Å². The topological polar surface area (TPSA) is 97.2 Å². The van der Waals surface area contributed by atoms with E-state index in [1.807, 2.05) is 38.1 Å². The van der Waals surface area contributed by atoms with Crippen molar-refractivity contribution in [3.8, 4) is 0 Å². The summed E-state index contributed by atoms with van der Waals surface area (Å²) >= 11 is 0. The number of nitrogens with one attached hydrogen (secondary N) is 3. The Kier molecular flexibility index (Phi) is 10.1. The molecule has 1 aromatic carbocycles. The zero-order valence-electron chi connectivity index (χ0n) is 26.9. The van der Waals surface area contributed by atoms with Crippen molar-refractivity contribution >= 4 is 28.2 Å². The summed E-state index contributed by atoms with van der Waals surface area (Å²) in [5, 5.41) is 12.6. The molecule has 3 N–H and O–H groups in total. The van der Waals surface area contributed by atoms with Gasteiger partial charge in [0.2, 0.25) is 0 Å². The molecule has 1 saturated heterocycles. The summed E-state index contributed by atoms with van der Waals surface area (Å²) in [6.07, 6.45) is 7.46. The van der Waals surface area contributed by atoms with Crippen LogP contribution in [0.1, 0.15) is 85.4 Å². The Hall–Kier alpha value is -3.91. The molecule has 0 atom stereocenters. The van der Waals surface area contributed by atoms with Crippen LogP contribution in [0.4, 0.5) is 0 Å². The van der Waals surface area contributed by atoms with Crippen molar-refractivity contribution in [2.24, 2.45) is 0 Å². The number of nitrogens with zero attached hydrogens (tertiary/aromatic N) is 3. The molecule has 1 fully saturated rings. The van der Waals surface area contributed by atoms with E-state index in [1.165, 1.54) is 0 Å². The first-order valence-corrected chi connectivity index (χ1v) is 15.5. The van der Waals surface area contributed by atoms with Gasteiger partial charge in [0.15, 0.2) is 0 Å². The third-order valence-electron chi connectivity index (χ3n) is 8.43. The summed E-state index contributed by atoms with van der Waals surface area (Å²) in [6.45, 7) is 22.7. The summed E-state index contributed by atoms with van der Waals surface area (Å²) in [5.74, 6) is 0.239. The van der Waals surface area contributed by atoms with Gasteiger partial charge in [0, 0.05) is 78.7 Å². The molecule has 0 spiro atoms. The number of amidine groups is 1. The van der Waals surface area contributed by atoms with Gasteiger partial charge < -0.3 is 19.8 Å². The van der Waals surface area contributed by atoms with Crippen molar-refractivity contribution in [1.29, 1.82) is 5.41 Å². The second kappa shape index (κ2) is 13.6. The fourth-order valence-corrected chi connectivity index (χ4v) is 5.97. The molecule has 8 nitrogen and oxygen atoms in total. The van der Waals surface area contributed by atoms with Crippen LogP contribution < -0.4 is 10.9 Å². The average molecular weight is 585 g/mol. The molecule has 0 saturated carbocycles. The van der Waals surface area contributed by atoms with Gasteiger partial charge in [-0.25, -0.2) is 0 Å². The molecule has 1 aliphatic rings. The first-order chi connectivity index (χ1) is 20.4. The molecule has 0 radical (unpaired) electrons. The van der Waals surface area contributed by atoms with Gasteiger partial charge >= 0.3 is 0 Å².